The van der Waals surface area contributed by atoms with Crippen LogP contribution in [0.3, 0.4) is 0 Å². The van der Waals surface area contributed by atoms with E-state index in [4.69, 9.17) is 14.2 Å². The number of carbonyl (C=O) groups excluding carboxylic acids is 2. The molecule has 3 rings (SSSR count). The number of aryl methyl sites for hydroxylation is 1. The highest BCUT2D eigenvalue weighted by atomic mass is 16.5. The van der Waals surface area contributed by atoms with Gasteiger partial charge in [0.2, 0.25) is 0 Å². The van der Waals surface area contributed by atoms with Crippen molar-refractivity contribution in [2.24, 2.45) is 5.10 Å². The zero-order chi connectivity index (χ0) is 26.6. The summed E-state index contributed by atoms with van der Waals surface area (Å²) in [4.78, 5) is 24.6. The molecule has 37 heavy (non-hydrogen) atoms. The highest BCUT2D eigenvalue weighted by Gasteiger charge is 2.11. The van der Waals surface area contributed by atoms with Crippen molar-refractivity contribution < 1.29 is 23.8 Å². The molecule has 1 amide bonds. The van der Waals surface area contributed by atoms with E-state index in [1.54, 1.807) is 48.5 Å². The molecule has 1 N–H and O–H groups in total. The van der Waals surface area contributed by atoms with Crippen LogP contribution < -0.4 is 19.6 Å². The van der Waals surface area contributed by atoms with Gasteiger partial charge in [-0.2, -0.15) is 5.10 Å². The lowest BCUT2D eigenvalue weighted by Crippen LogP contribution is -2.25. The third-order valence-electron chi connectivity index (χ3n) is 5.50. The summed E-state index contributed by atoms with van der Waals surface area (Å²) in [6.07, 6.45) is 3.55. The molecule has 0 fully saturated rings. The van der Waals surface area contributed by atoms with Crippen LogP contribution in [0.1, 0.15) is 66.6 Å². The van der Waals surface area contributed by atoms with E-state index in [-0.39, 0.29) is 18.4 Å². The minimum Gasteiger partial charge on any atom is -0.494 e. The average molecular weight is 503 g/mol. The Balaban J connectivity index is 1.46. The topological polar surface area (TPSA) is 86.2 Å². The van der Waals surface area contributed by atoms with Crippen molar-refractivity contribution in [3.05, 3.63) is 89.0 Å². The van der Waals surface area contributed by atoms with Gasteiger partial charge in [-0.05, 0) is 90.6 Å². The molecule has 194 valence electrons. The maximum absolute atomic E-state index is 12.4. The fourth-order valence-corrected chi connectivity index (χ4v) is 3.41. The van der Waals surface area contributed by atoms with Gasteiger partial charge in [0.05, 0.1) is 18.4 Å². The van der Waals surface area contributed by atoms with Gasteiger partial charge < -0.3 is 14.2 Å². The summed E-state index contributed by atoms with van der Waals surface area (Å²) in [5.74, 6) is 1.30. The predicted octanol–water partition coefficient (Wildman–Crippen LogP) is 6.05. The van der Waals surface area contributed by atoms with E-state index in [0.717, 1.165) is 35.3 Å². The summed E-state index contributed by atoms with van der Waals surface area (Å²) >= 11 is 0. The molecule has 0 unspecified atom stereocenters. The Morgan fingerprint density at radius 1 is 0.946 bits per heavy atom. The lowest BCUT2D eigenvalue weighted by Gasteiger charge is -2.14. The second kappa shape index (κ2) is 13.8. The van der Waals surface area contributed by atoms with Crippen molar-refractivity contribution in [1.82, 2.24) is 5.43 Å². The molecule has 0 heterocycles. The van der Waals surface area contributed by atoms with Gasteiger partial charge in [0.15, 0.2) is 6.61 Å². The van der Waals surface area contributed by atoms with Crippen LogP contribution in [0.2, 0.25) is 0 Å². The van der Waals surface area contributed by atoms with Crippen molar-refractivity contribution >= 4 is 18.1 Å². The van der Waals surface area contributed by atoms with Crippen LogP contribution in [0.25, 0.3) is 0 Å². The number of carbonyl (C=O) groups is 2. The number of hydrazone groups is 1. The molecule has 0 aromatic heterocycles. The van der Waals surface area contributed by atoms with Gasteiger partial charge in [-0.3, -0.25) is 4.79 Å². The van der Waals surface area contributed by atoms with Crippen LogP contribution in [0.4, 0.5) is 0 Å². The van der Waals surface area contributed by atoms with Crippen molar-refractivity contribution in [2.75, 3.05) is 13.2 Å². The molecule has 0 radical (unpaired) electrons. The summed E-state index contributed by atoms with van der Waals surface area (Å²) in [6, 6.07) is 19.7. The minimum atomic E-state index is -0.456. The fraction of sp³-hybridized carbons (Fsp3) is 0.300. The van der Waals surface area contributed by atoms with Crippen LogP contribution in [0.15, 0.2) is 71.8 Å². The Morgan fingerprint density at radius 3 is 2.32 bits per heavy atom. The van der Waals surface area contributed by atoms with Crippen LogP contribution in [0.5, 0.6) is 17.2 Å². The quantitative estimate of drug-likeness (QED) is 0.107. The van der Waals surface area contributed by atoms with Gasteiger partial charge >= 0.3 is 5.97 Å². The molecule has 7 heteroatoms. The Bertz CT molecular complexity index is 1200. The standard InChI is InChI=1S/C30H34N2O5/c1-5-6-17-35-25-14-10-24(11-15-25)30(34)37-26-12-8-23(9-13-26)19-31-32-29(33)20-36-28-18-22(4)7-16-27(28)21(2)3/h7-16,18-19,21H,5-6,17,20H2,1-4H3,(H,32,33)/b31-19+. The van der Waals surface area contributed by atoms with Crippen LogP contribution >= 0.6 is 0 Å². The number of esters is 1. The number of hydrogen-bond donors (Lipinski definition) is 1. The van der Waals surface area contributed by atoms with Crippen molar-refractivity contribution in [3.63, 3.8) is 0 Å². The second-order valence-electron chi connectivity index (χ2n) is 8.96. The van der Waals surface area contributed by atoms with Gasteiger partial charge in [-0.1, -0.05) is 39.3 Å². The fourth-order valence-electron chi connectivity index (χ4n) is 3.41. The molecule has 3 aromatic carbocycles. The highest BCUT2D eigenvalue weighted by Crippen LogP contribution is 2.27. The molecule has 7 nitrogen and oxygen atoms in total. The number of hydrogen-bond acceptors (Lipinski definition) is 6. The third kappa shape index (κ3) is 8.79. The molecule has 0 aliphatic heterocycles. The normalized spacial score (nSPS) is 10.9. The highest BCUT2D eigenvalue weighted by molar-refractivity contribution is 5.91. The predicted molar refractivity (Wildman–Crippen MR) is 145 cm³/mol. The zero-order valence-corrected chi connectivity index (χ0v) is 21.8. The van der Waals surface area contributed by atoms with E-state index in [2.05, 4.69) is 31.3 Å². The Kier molecular flexibility index (Phi) is 10.3. The number of nitrogens with zero attached hydrogens (tertiary/aromatic N) is 1. The van der Waals surface area contributed by atoms with E-state index >= 15 is 0 Å². The van der Waals surface area contributed by atoms with E-state index < -0.39 is 5.97 Å². The molecule has 0 bridgehead atoms. The van der Waals surface area contributed by atoms with Crippen molar-refractivity contribution in [2.45, 2.75) is 46.5 Å². The molecule has 0 aliphatic carbocycles. The number of amides is 1. The number of nitrogens with one attached hydrogen (secondary N) is 1. The van der Waals surface area contributed by atoms with Crippen molar-refractivity contribution in [1.29, 1.82) is 0 Å². The summed E-state index contributed by atoms with van der Waals surface area (Å²) in [7, 11) is 0. The molecular weight excluding hydrogens is 468 g/mol. The molecular formula is C30H34N2O5. The SMILES string of the molecule is CCCCOc1ccc(C(=O)Oc2ccc(/C=N/NC(=O)COc3cc(C)ccc3C(C)C)cc2)cc1. The lowest BCUT2D eigenvalue weighted by molar-refractivity contribution is -0.123. The Hall–Kier alpha value is -4.13. The van der Waals surface area contributed by atoms with E-state index in [0.29, 0.717) is 23.7 Å². The maximum Gasteiger partial charge on any atom is 0.343 e. The van der Waals surface area contributed by atoms with Gasteiger partial charge in [0, 0.05) is 0 Å². The molecule has 0 spiro atoms. The number of ether oxygens (including phenoxy) is 3. The first-order valence-electron chi connectivity index (χ1n) is 12.5. The van der Waals surface area contributed by atoms with E-state index in [1.165, 1.54) is 6.21 Å². The molecule has 0 atom stereocenters. The van der Waals surface area contributed by atoms with Gasteiger partial charge in [0.1, 0.15) is 17.2 Å². The van der Waals surface area contributed by atoms with E-state index in [9.17, 15) is 9.59 Å². The summed E-state index contributed by atoms with van der Waals surface area (Å²) in [5.41, 5.74) is 5.75. The monoisotopic (exact) mass is 502 g/mol. The van der Waals surface area contributed by atoms with Gasteiger partial charge in [0.25, 0.3) is 5.91 Å². The summed E-state index contributed by atoms with van der Waals surface area (Å²) in [5, 5.41) is 3.98. The first-order chi connectivity index (χ1) is 17.9. The molecule has 0 aliphatic rings. The van der Waals surface area contributed by atoms with Gasteiger partial charge in [-0.15, -0.1) is 0 Å². The smallest absolute Gasteiger partial charge is 0.343 e. The van der Waals surface area contributed by atoms with Crippen molar-refractivity contribution in [3.8, 4) is 17.2 Å². The average Bonchev–Trinajstić information content (AvgIpc) is 2.89. The lowest BCUT2D eigenvalue weighted by atomic mass is 10.0. The number of rotatable bonds is 12. The molecule has 0 saturated carbocycles. The molecule has 3 aromatic rings. The van der Waals surface area contributed by atoms with Crippen LogP contribution in [-0.2, 0) is 4.79 Å². The zero-order valence-electron chi connectivity index (χ0n) is 21.8. The second-order valence-corrected chi connectivity index (χ2v) is 8.96. The maximum atomic E-state index is 12.4. The first-order valence-corrected chi connectivity index (χ1v) is 12.5. The first kappa shape index (κ1) is 27.5. The summed E-state index contributed by atoms with van der Waals surface area (Å²) in [6.45, 7) is 8.76. The largest absolute Gasteiger partial charge is 0.494 e. The molecule has 0 saturated heterocycles. The summed E-state index contributed by atoms with van der Waals surface area (Å²) < 4.78 is 16.8. The minimum absolute atomic E-state index is 0.138. The third-order valence-corrected chi connectivity index (χ3v) is 5.50. The number of benzene rings is 3. The van der Waals surface area contributed by atoms with Crippen LogP contribution in [0, 0.1) is 6.92 Å². The number of unbranched alkanes of at least 4 members (excludes halogenated alkanes) is 1. The van der Waals surface area contributed by atoms with E-state index in [1.807, 2.05) is 25.1 Å². The van der Waals surface area contributed by atoms with Crippen LogP contribution in [-0.4, -0.2) is 31.3 Å². The Labute approximate surface area is 218 Å². The Morgan fingerprint density at radius 2 is 1.65 bits per heavy atom. The van der Waals surface area contributed by atoms with Gasteiger partial charge in [-0.25, -0.2) is 10.2 Å².